The van der Waals surface area contributed by atoms with Gasteiger partial charge in [0.15, 0.2) is 0 Å². The first-order valence-corrected chi connectivity index (χ1v) is 8.27. The first-order chi connectivity index (χ1) is 12.3. The molecule has 1 N–H and O–H groups in total. The molecule has 0 saturated heterocycles. The molecule has 0 saturated carbocycles. The van der Waals surface area contributed by atoms with Gasteiger partial charge in [0.05, 0.1) is 13.4 Å². The number of carbonyl (C=O) groups is 1. The molecule has 1 atom stereocenters. The van der Waals surface area contributed by atoms with E-state index in [9.17, 15) is 4.79 Å². The summed E-state index contributed by atoms with van der Waals surface area (Å²) in [6.45, 7) is 0. The molecule has 1 amide bonds. The summed E-state index contributed by atoms with van der Waals surface area (Å²) in [5.74, 6) is 1.53. The Hall–Kier alpha value is -3.01. The highest BCUT2D eigenvalue weighted by Crippen LogP contribution is 2.22. The van der Waals surface area contributed by atoms with Crippen molar-refractivity contribution < 1.29 is 13.9 Å². The second-order valence-corrected chi connectivity index (χ2v) is 5.77. The maximum absolute atomic E-state index is 12.4. The van der Waals surface area contributed by atoms with Gasteiger partial charge in [0.2, 0.25) is 5.91 Å². The minimum absolute atomic E-state index is 0.0129. The molecule has 0 spiro atoms. The van der Waals surface area contributed by atoms with Crippen LogP contribution in [0.3, 0.4) is 0 Å². The summed E-state index contributed by atoms with van der Waals surface area (Å²) >= 11 is 0. The summed E-state index contributed by atoms with van der Waals surface area (Å²) in [5, 5.41) is 3.07. The van der Waals surface area contributed by atoms with Crippen LogP contribution in [0.5, 0.6) is 5.75 Å². The molecule has 1 heterocycles. The highest BCUT2D eigenvalue weighted by molar-refractivity contribution is 5.77. The monoisotopic (exact) mass is 335 g/mol. The number of carbonyl (C=O) groups excluding carboxylic acids is 1. The lowest BCUT2D eigenvalue weighted by atomic mass is 10.0. The zero-order valence-corrected chi connectivity index (χ0v) is 14.1. The minimum atomic E-state index is -0.278. The maximum atomic E-state index is 12.4. The Morgan fingerprint density at radius 1 is 1.04 bits per heavy atom. The third-order valence-electron chi connectivity index (χ3n) is 4.07. The van der Waals surface area contributed by atoms with Gasteiger partial charge >= 0.3 is 0 Å². The molecular weight excluding hydrogens is 314 g/mol. The number of ether oxygens (including phenoxy) is 1. The summed E-state index contributed by atoms with van der Waals surface area (Å²) in [6.07, 6.45) is 2.71. The molecule has 3 rings (SSSR count). The number of hydrogen-bond donors (Lipinski definition) is 1. The number of rotatable bonds is 7. The number of nitrogens with one attached hydrogen (secondary N) is 1. The SMILES string of the molecule is COc1ccc(CCC(=O)NC(c2ccccc2)c2ccco2)cc1. The summed E-state index contributed by atoms with van der Waals surface area (Å²) in [7, 11) is 1.64. The van der Waals surface area contributed by atoms with Gasteiger partial charge in [0, 0.05) is 6.42 Å². The molecule has 0 bridgehead atoms. The third kappa shape index (κ3) is 4.51. The van der Waals surface area contributed by atoms with Crippen molar-refractivity contribution in [2.45, 2.75) is 18.9 Å². The van der Waals surface area contributed by atoms with Crippen LogP contribution in [-0.2, 0) is 11.2 Å². The fourth-order valence-electron chi connectivity index (χ4n) is 2.70. The van der Waals surface area contributed by atoms with E-state index in [0.29, 0.717) is 12.8 Å². The molecule has 0 aliphatic rings. The Kier molecular flexibility index (Phi) is 5.52. The lowest BCUT2D eigenvalue weighted by molar-refractivity contribution is -0.121. The lowest BCUT2D eigenvalue weighted by Gasteiger charge is -2.17. The van der Waals surface area contributed by atoms with Gasteiger partial charge in [0.1, 0.15) is 17.6 Å². The van der Waals surface area contributed by atoms with Crippen LogP contribution in [-0.4, -0.2) is 13.0 Å². The first kappa shape index (κ1) is 16.8. The predicted molar refractivity (Wildman–Crippen MR) is 96.5 cm³/mol. The van der Waals surface area contributed by atoms with Gasteiger partial charge in [0.25, 0.3) is 0 Å². The van der Waals surface area contributed by atoms with Crippen LogP contribution in [0.4, 0.5) is 0 Å². The molecule has 2 aromatic carbocycles. The summed E-state index contributed by atoms with van der Waals surface area (Å²) in [5.41, 5.74) is 2.10. The van der Waals surface area contributed by atoms with Crippen LogP contribution < -0.4 is 10.1 Å². The van der Waals surface area contributed by atoms with E-state index in [0.717, 1.165) is 22.6 Å². The number of furan rings is 1. The molecular formula is C21H21NO3. The molecule has 4 heteroatoms. The van der Waals surface area contributed by atoms with Gasteiger partial charge in [-0.1, -0.05) is 42.5 Å². The Balaban J connectivity index is 1.64. The number of methoxy groups -OCH3 is 1. The van der Waals surface area contributed by atoms with Gasteiger partial charge in [-0.2, -0.15) is 0 Å². The number of aryl methyl sites for hydroxylation is 1. The van der Waals surface area contributed by atoms with E-state index in [1.165, 1.54) is 0 Å². The van der Waals surface area contributed by atoms with E-state index in [4.69, 9.17) is 9.15 Å². The number of benzene rings is 2. The molecule has 4 nitrogen and oxygen atoms in total. The topological polar surface area (TPSA) is 51.5 Å². The largest absolute Gasteiger partial charge is 0.497 e. The van der Waals surface area contributed by atoms with Crippen LogP contribution in [0.1, 0.15) is 29.3 Å². The van der Waals surface area contributed by atoms with E-state index in [1.54, 1.807) is 13.4 Å². The molecule has 3 aromatic rings. The number of hydrogen-bond acceptors (Lipinski definition) is 3. The van der Waals surface area contributed by atoms with Gasteiger partial charge in [-0.15, -0.1) is 0 Å². The van der Waals surface area contributed by atoms with E-state index in [-0.39, 0.29) is 11.9 Å². The van der Waals surface area contributed by atoms with Crippen molar-refractivity contribution in [1.29, 1.82) is 0 Å². The quantitative estimate of drug-likeness (QED) is 0.706. The maximum Gasteiger partial charge on any atom is 0.221 e. The molecule has 0 aliphatic carbocycles. The van der Waals surface area contributed by atoms with Crippen LogP contribution in [0.25, 0.3) is 0 Å². The molecule has 128 valence electrons. The molecule has 25 heavy (non-hydrogen) atoms. The minimum Gasteiger partial charge on any atom is -0.497 e. The smallest absolute Gasteiger partial charge is 0.221 e. The number of amides is 1. The van der Waals surface area contributed by atoms with E-state index in [2.05, 4.69) is 5.32 Å². The molecule has 1 aromatic heterocycles. The Morgan fingerprint density at radius 2 is 1.80 bits per heavy atom. The van der Waals surface area contributed by atoms with Crippen molar-refractivity contribution in [1.82, 2.24) is 5.32 Å². The summed E-state index contributed by atoms with van der Waals surface area (Å²) in [4.78, 5) is 12.4. The second-order valence-electron chi connectivity index (χ2n) is 5.77. The highest BCUT2D eigenvalue weighted by atomic mass is 16.5. The zero-order chi connectivity index (χ0) is 17.5. The fourth-order valence-corrected chi connectivity index (χ4v) is 2.70. The van der Waals surface area contributed by atoms with Crippen molar-refractivity contribution in [3.05, 3.63) is 89.9 Å². The Labute approximate surface area is 147 Å². The predicted octanol–water partition coefficient (Wildman–Crippen LogP) is 4.13. The molecule has 0 radical (unpaired) electrons. The van der Waals surface area contributed by atoms with Crippen LogP contribution >= 0.6 is 0 Å². The highest BCUT2D eigenvalue weighted by Gasteiger charge is 2.19. The van der Waals surface area contributed by atoms with E-state index < -0.39 is 0 Å². The van der Waals surface area contributed by atoms with Crippen LogP contribution in [0.15, 0.2) is 77.4 Å². The van der Waals surface area contributed by atoms with Gasteiger partial charge in [-0.3, -0.25) is 4.79 Å². The van der Waals surface area contributed by atoms with Crippen LogP contribution in [0.2, 0.25) is 0 Å². The Morgan fingerprint density at radius 3 is 2.44 bits per heavy atom. The summed E-state index contributed by atoms with van der Waals surface area (Å²) in [6, 6.07) is 21.0. The van der Waals surface area contributed by atoms with Crippen molar-refractivity contribution in [2.24, 2.45) is 0 Å². The van der Waals surface area contributed by atoms with E-state index in [1.807, 2.05) is 66.7 Å². The van der Waals surface area contributed by atoms with Crippen molar-refractivity contribution in [2.75, 3.05) is 7.11 Å². The molecule has 1 unspecified atom stereocenters. The zero-order valence-electron chi connectivity index (χ0n) is 14.1. The van der Waals surface area contributed by atoms with Gasteiger partial charge in [-0.25, -0.2) is 0 Å². The van der Waals surface area contributed by atoms with Crippen molar-refractivity contribution in [3.63, 3.8) is 0 Å². The average Bonchev–Trinajstić information content (AvgIpc) is 3.20. The normalized spacial score (nSPS) is 11.7. The van der Waals surface area contributed by atoms with Gasteiger partial charge in [-0.05, 0) is 41.8 Å². The summed E-state index contributed by atoms with van der Waals surface area (Å²) < 4.78 is 10.7. The van der Waals surface area contributed by atoms with Crippen molar-refractivity contribution in [3.8, 4) is 5.75 Å². The third-order valence-corrected chi connectivity index (χ3v) is 4.07. The molecule has 0 aliphatic heterocycles. The lowest BCUT2D eigenvalue weighted by Crippen LogP contribution is -2.29. The van der Waals surface area contributed by atoms with Crippen LogP contribution in [0, 0.1) is 0 Å². The molecule has 0 fully saturated rings. The first-order valence-electron chi connectivity index (χ1n) is 8.27. The van der Waals surface area contributed by atoms with Gasteiger partial charge < -0.3 is 14.5 Å². The second kappa shape index (κ2) is 8.20. The average molecular weight is 335 g/mol. The standard InChI is InChI=1S/C21H21NO3/c1-24-18-12-9-16(10-13-18)11-14-20(23)22-21(19-8-5-15-25-19)17-6-3-2-4-7-17/h2-10,12-13,15,21H,11,14H2,1H3,(H,22,23). The Bertz CT molecular complexity index is 780. The van der Waals surface area contributed by atoms with Crippen molar-refractivity contribution >= 4 is 5.91 Å². The van der Waals surface area contributed by atoms with E-state index >= 15 is 0 Å². The fraction of sp³-hybridized carbons (Fsp3) is 0.190.